The maximum atomic E-state index is 12.2. The van der Waals surface area contributed by atoms with Crippen molar-refractivity contribution in [3.63, 3.8) is 0 Å². The molecule has 1 aliphatic rings. The number of ether oxygens (including phenoxy) is 2. The van der Waals surface area contributed by atoms with Crippen molar-refractivity contribution in [1.29, 1.82) is 0 Å². The number of likely N-dealkylation sites (tertiary alicyclic amines) is 1. The average molecular weight is 320 g/mol. The number of benzene rings is 1. The zero-order valence-electron chi connectivity index (χ0n) is 13.7. The molecule has 0 bridgehead atoms. The van der Waals surface area contributed by atoms with Crippen LogP contribution in [0.4, 0.5) is 0 Å². The molecule has 2 amide bonds. The Morgan fingerprint density at radius 1 is 1.22 bits per heavy atom. The fourth-order valence-corrected chi connectivity index (χ4v) is 2.68. The highest BCUT2D eigenvalue weighted by Crippen LogP contribution is 2.26. The van der Waals surface area contributed by atoms with Crippen LogP contribution in [0.1, 0.15) is 19.8 Å². The van der Waals surface area contributed by atoms with Crippen LogP contribution in [0, 0.1) is 5.92 Å². The van der Waals surface area contributed by atoms with Gasteiger partial charge in [-0.1, -0.05) is 12.1 Å². The summed E-state index contributed by atoms with van der Waals surface area (Å²) in [4.78, 5) is 25.8. The van der Waals surface area contributed by atoms with E-state index in [1.165, 1.54) is 0 Å². The number of amides is 2. The van der Waals surface area contributed by atoms with Gasteiger partial charge in [-0.2, -0.15) is 0 Å². The first kappa shape index (κ1) is 17.1. The van der Waals surface area contributed by atoms with Gasteiger partial charge in [0.15, 0.2) is 18.1 Å². The lowest BCUT2D eigenvalue weighted by atomic mass is 9.96. The van der Waals surface area contributed by atoms with Gasteiger partial charge >= 0.3 is 0 Å². The molecule has 2 rings (SSSR count). The Labute approximate surface area is 136 Å². The van der Waals surface area contributed by atoms with Crippen molar-refractivity contribution in [3.05, 3.63) is 24.3 Å². The topological polar surface area (TPSA) is 67.9 Å². The predicted octanol–water partition coefficient (Wildman–Crippen LogP) is 1.45. The third-order valence-corrected chi connectivity index (χ3v) is 3.99. The maximum Gasteiger partial charge on any atom is 0.260 e. The Kier molecular flexibility index (Phi) is 6.26. The number of nitrogens with one attached hydrogen (secondary N) is 1. The Bertz CT molecular complexity index is 539. The van der Waals surface area contributed by atoms with Gasteiger partial charge in [-0.3, -0.25) is 9.59 Å². The van der Waals surface area contributed by atoms with Crippen molar-refractivity contribution >= 4 is 11.8 Å². The molecule has 1 aliphatic heterocycles. The molecule has 0 radical (unpaired) electrons. The van der Waals surface area contributed by atoms with E-state index in [9.17, 15) is 9.59 Å². The minimum Gasteiger partial charge on any atom is -0.493 e. The molecule has 1 aromatic rings. The SMILES string of the molecule is CCNC(=O)C1CCN(C(=O)COc2ccccc2OC)CC1. The number of methoxy groups -OCH3 is 1. The van der Waals surface area contributed by atoms with Crippen LogP contribution < -0.4 is 14.8 Å². The van der Waals surface area contributed by atoms with E-state index >= 15 is 0 Å². The minimum absolute atomic E-state index is 0.00846. The highest BCUT2D eigenvalue weighted by molar-refractivity contribution is 5.80. The van der Waals surface area contributed by atoms with Gasteiger partial charge in [0.25, 0.3) is 5.91 Å². The molecule has 0 atom stereocenters. The lowest BCUT2D eigenvalue weighted by Crippen LogP contribution is -2.44. The smallest absolute Gasteiger partial charge is 0.260 e. The van der Waals surface area contributed by atoms with E-state index in [0.29, 0.717) is 44.0 Å². The fraction of sp³-hybridized carbons (Fsp3) is 0.529. The second-order valence-corrected chi connectivity index (χ2v) is 5.49. The minimum atomic E-state index is -0.0646. The lowest BCUT2D eigenvalue weighted by Gasteiger charge is -2.31. The van der Waals surface area contributed by atoms with Crippen LogP contribution >= 0.6 is 0 Å². The summed E-state index contributed by atoms with van der Waals surface area (Å²) in [6.07, 6.45) is 1.40. The number of nitrogens with zero attached hydrogens (tertiary/aromatic N) is 1. The first-order valence-corrected chi connectivity index (χ1v) is 7.97. The number of hydrogen-bond acceptors (Lipinski definition) is 4. The van der Waals surface area contributed by atoms with E-state index in [1.807, 2.05) is 19.1 Å². The third kappa shape index (κ3) is 4.61. The van der Waals surface area contributed by atoms with Crippen molar-refractivity contribution in [1.82, 2.24) is 10.2 Å². The summed E-state index contributed by atoms with van der Waals surface area (Å²) in [7, 11) is 1.57. The molecular formula is C17H24N2O4. The van der Waals surface area contributed by atoms with Crippen LogP contribution in [0.2, 0.25) is 0 Å². The number of hydrogen-bond donors (Lipinski definition) is 1. The van der Waals surface area contributed by atoms with E-state index in [2.05, 4.69) is 5.32 Å². The second-order valence-electron chi connectivity index (χ2n) is 5.49. The molecule has 6 nitrogen and oxygen atoms in total. The number of para-hydroxylation sites is 2. The molecule has 1 aromatic carbocycles. The molecule has 6 heteroatoms. The summed E-state index contributed by atoms with van der Waals surface area (Å²) in [6.45, 7) is 3.72. The largest absolute Gasteiger partial charge is 0.493 e. The summed E-state index contributed by atoms with van der Waals surface area (Å²) in [6, 6.07) is 7.24. The van der Waals surface area contributed by atoms with E-state index in [0.717, 1.165) is 0 Å². The molecule has 1 N–H and O–H groups in total. The third-order valence-electron chi connectivity index (χ3n) is 3.99. The monoisotopic (exact) mass is 320 g/mol. The zero-order valence-corrected chi connectivity index (χ0v) is 13.7. The summed E-state index contributed by atoms with van der Waals surface area (Å²) in [5.41, 5.74) is 0. The van der Waals surface area contributed by atoms with Crippen molar-refractivity contribution in [2.45, 2.75) is 19.8 Å². The highest BCUT2D eigenvalue weighted by atomic mass is 16.5. The van der Waals surface area contributed by atoms with Gasteiger partial charge < -0.3 is 19.7 Å². The molecule has 0 aliphatic carbocycles. The van der Waals surface area contributed by atoms with Gasteiger partial charge in [-0.25, -0.2) is 0 Å². The van der Waals surface area contributed by atoms with Crippen molar-refractivity contribution in [3.8, 4) is 11.5 Å². The summed E-state index contributed by atoms with van der Waals surface area (Å²) < 4.78 is 10.8. The molecular weight excluding hydrogens is 296 g/mol. The summed E-state index contributed by atoms with van der Waals surface area (Å²) in [5, 5.41) is 2.84. The van der Waals surface area contributed by atoms with Crippen LogP contribution in [0.15, 0.2) is 24.3 Å². The summed E-state index contributed by atoms with van der Waals surface area (Å²) in [5.74, 6) is 1.19. The van der Waals surface area contributed by atoms with Gasteiger partial charge in [0, 0.05) is 25.6 Å². The molecule has 126 valence electrons. The average Bonchev–Trinajstić information content (AvgIpc) is 2.60. The van der Waals surface area contributed by atoms with Gasteiger partial charge in [0.2, 0.25) is 5.91 Å². The molecule has 1 saturated heterocycles. The van der Waals surface area contributed by atoms with Crippen LogP contribution in [0.5, 0.6) is 11.5 Å². The van der Waals surface area contributed by atoms with E-state index in [-0.39, 0.29) is 24.3 Å². The first-order valence-electron chi connectivity index (χ1n) is 7.97. The maximum absolute atomic E-state index is 12.2. The molecule has 0 aromatic heterocycles. The molecule has 1 fully saturated rings. The van der Waals surface area contributed by atoms with Gasteiger partial charge in [-0.05, 0) is 31.9 Å². The molecule has 0 saturated carbocycles. The number of carbonyl (C=O) groups is 2. The Hall–Kier alpha value is -2.24. The second kappa shape index (κ2) is 8.41. The lowest BCUT2D eigenvalue weighted by molar-refractivity contribution is -0.137. The van der Waals surface area contributed by atoms with Crippen molar-refractivity contribution < 1.29 is 19.1 Å². The number of rotatable bonds is 6. The zero-order chi connectivity index (χ0) is 16.7. The normalized spacial score (nSPS) is 15.1. The fourth-order valence-electron chi connectivity index (χ4n) is 2.68. The van der Waals surface area contributed by atoms with Crippen LogP contribution in [0.25, 0.3) is 0 Å². The quantitative estimate of drug-likeness (QED) is 0.861. The van der Waals surface area contributed by atoms with Gasteiger partial charge in [0.05, 0.1) is 7.11 Å². The number of carbonyl (C=O) groups excluding carboxylic acids is 2. The Morgan fingerprint density at radius 3 is 2.48 bits per heavy atom. The van der Waals surface area contributed by atoms with Crippen LogP contribution in [-0.4, -0.2) is 50.1 Å². The van der Waals surface area contributed by atoms with Crippen molar-refractivity contribution in [2.24, 2.45) is 5.92 Å². The van der Waals surface area contributed by atoms with E-state index in [4.69, 9.17) is 9.47 Å². The molecule has 0 spiro atoms. The Balaban J connectivity index is 1.80. The Morgan fingerprint density at radius 2 is 1.87 bits per heavy atom. The number of piperidine rings is 1. The van der Waals surface area contributed by atoms with Gasteiger partial charge in [-0.15, -0.1) is 0 Å². The standard InChI is InChI=1S/C17H24N2O4/c1-3-18-17(21)13-8-10-19(11-9-13)16(20)12-23-15-7-5-4-6-14(15)22-2/h4-7,13H,3,8-12H2,1-2H3,(H,18,21). The van der Waals surface area contributed by atoms with E-state index in [1.54, 1.807) is 24.1 Å². The van der Waals surface area contributed by atoms with Crippen LogP contribution in [-0.2, 0) is 9.59 Å². The van der Waals surface area contributed by atoms with E-state index < -0.39 is 0 Å². The molecule has 1 heterocycles. The van der Waals surface area contributed by atoms with Crippen molar-refractivity contribution in [2.75, 3.05) is 33.4 Å². The first-order chi connectivity index (χ1) is 11.2. The van der Waals surface area contributed by atoms with Gasteiger partial charge in [0.1, 0.15) is 0 Å². The molecule has 23 heavy (non-hydrogen) atoms. The molecule has 0 unspecified atom stereocenters. The predicted molar refractivity (Wildman–Crippen MR) is 86.5 cm³/mol. The van der Waals surface area contributed by atoms with Crippen LogP contribution in [0.3, 0.4) is 0 Å². The highest BCUT2D eigenvalue weighted by Gasteiger charge is 2.27. The summed E-state index contributed by atoms with van der Waals surface area (Å²) >= 11 is 0.